The molecule has 0 heterocycles. The second-order valence-electron chi connectivity index (χ2n) is 4.99. The van der Waals surface area contributed by atoms with Crippen molar-refractivity contribution in [3.05, 3.63) is 21.6 Å². The molecule has 0 unspecified atom stereocenters. The maximum atomic E-state index is 11.7. The van der Waals surface area contributed by atoms with E-state index in [1.165, 1.54) is 18.9 Å². The van der Waals surface area contributed by atoms with Gasteiger partial charge >= 0.3 is 0 Å². The van der Waals surface area contributed by atoms with E-state index < -0.39 is 10.0 Å². The number of hydrogen-bond acceptors (Lipinski definition) is 3. The van der Waals surface area contributed by atoms with E-state index >= 15 is 0 Å². The van der Waals surface area contributed by atoms with Crippen molar-refractivity contribution in [2.24, 2.45) is 5.14 Å². The van der Waals surface area contributed by atoms with Gasteiger partial charge in [-0.25, -0.2) is 13.6 Å². The monoisotopic (exact) mass is 381 g/mol. The zero-order valence-corrected chi connectivity index (χ0v) is 14.1. The molecule has 0 atom stereocenters. The zero-order chi connectivity index (χ0) is 14.8. The first-order valence-corrected chi connectivity index (χ1v) is 9.28. The van der Waals surface area contributed by atoms with Gasteiger partial charge < -0.3 is 4.74 Å². The molecular weight excluding hydrogens is 366 g/mol. The Morgan fingerprint density at radius 1 is 1.20 bits per heavy atom. The minimum Gasteiger partial charge on any atom is -0.487 e. The second kappa shape index (κ2) is 6.64. The number of rotatable bonds is 3. The molecule has 0 bridgehead atoms. The predicted molar refractivity (Wildman–Crippen MR) is 82.6 cm³/mol. The van der Waals surface area contributed by atoms with E-state index in [0.717, 1.165) is 25.7 Å². The lowest BCUT2D eigenvalue weighted by molar-refractivity contribution is 0.179. The van der Waals surface area contributed by atoms with Crippen molar-refractivity contribution >= 4 is 37.6 Å². The Labute approximate surface area is 132 Å². The number of ether oxygens (including phenoxy) is 1. The molecule has 0 radical (unpaired) electrons. The summed E-state index contributed by atoms with van der Waals surface area (Å²) in [5.74, 6) is 0.171. The van der Waals surface area contributed by atoms with E-state index in [9.17, 15) is 8.42 Å². The van der Waals surface area contributed by atoms with E-state index in [0.29, 0.717) is 4.47 Å². The van der Waals surface area contributed by atoms with Crippen LogP contribution in [0.15, 0.2) is 21.5 Å². The van der Waals surface area contributed by atoms with Crippen molar-refractivity contribution < 1.29 is 13.2 Å². The van der Waals surface area contributed by atoms with E-state index in [1.54, 1.807) is 6.07 Å². The normalized spacial score (nSPS) is 17.8. The molecule has 112 valence electrons. The van der Waals surface area contributed by atoms with Gasteiger partial charge in [0.05, 0.1) is 11.1 Å². The fourth-order valence-electron chi connectivity index (χ4n) is 2.39. The minimum atomic E-state index is -3.88. The number of nitrogens with two attached hydrogens (primary N) is 1. The summed E-state index contributed by atoms with van der Waals surface area (Å²) in [5, 5.41) is 5.50. The zero-order valence-electron chi connectivity index (χ0n) is 10.9. The van der Waals surface area contributed by atoms with Crippen LogP contribution in [0.5, 0.6) is 5.75 Å². The lowest BCUT2D eigenvalue weighted by Crippen LogP contribution is -2.19. The topological polar surface area (TPSA) is 69.4 Å². The van der Waals surface area contributed by atoms with Crippen LogP contribution in [-0.4, -0.2) is 14.5 Å². The molecule has 20 heavy (non-hydrogen) atoms. The molecule has 0 aromatic heterocycles. The van der Waals surface area contributed by atoms with Crippen LogP contribution >= 0.6 is 27.5 Å². The summed E-state index contributed by atoms with van der Waals surface area (Å²) >= 11 is 9.34. The van der Waals surface area contributed by atoms with Crippen LogP contribution in [-0.2, 0) is 10.0 Å². The third kappa shape index (κ3) is 4.10. The van der Waals surface area contributed by atoms with Gasteiger partial charge in [-0.15, -0.1) is 0 Å². The number of benzene rings is 1. The van der Waals surface area contributed by atoms with Crippen LogP contribution in [0.25, 0.3) is 0 Å². The van der Waals surface area contributed by atoms with Crippen molar-refractivity contribution in [2.75, 3.05) is 0 Å². The van der Waals surface area contributed by atoms with E-state index in [1.807, 2.05) is 0 Å². The second-order valence-corrected chi connectivity index (χ2v) is 7.84. The van der Waals surface area contributed by atoms with Crippen LogP contribution in [0, 0.1) is 0 Å². The van der Waals surface area contributed by atoms with Gasteiger partial charge in [-0.3, -0.25) is 0 Å². The first kappa shape index (κ1) is 16.1. The molecule has 1 aliphatic carbocycles. The summed E-state index contributed by atoms with van der Waals surface area (Å²) in [4.78, 5) is -0.0684. The molecule has 1 aliphatic rings. The van der Waals surface area contributed by atoms with Gasteiger partial charge in [-0.05, 0) is 37.8 Å². The third-order valence-electron chi connectivity index (χ3n) is 3.37. The first-order valence-electron chi connectivity index (χ1n) is 6.56. The SMILES string of the molecule is NS(=O)(=O)c1cc(Br)cc(Cl)c1OC1CCCCCC1. The largest absolute Gasteiger partial charge is 0.487 e. The molecule has 2 rings (SSSR count). The van der Waals surface area contributed by atoms with Crippen LogP contribution in [0.2, 0.25) is 5.02 Å². The summed E-state index contributed by atoms with van der Waals surface area (Å²) < 4.78 is 29.8. The summed E-state index contributed by atoms with van der Waals surface area (Å²) in [5.41, 5.74) is 0. The maximum absolute atomic E-state index is 11.7. The maximum Gasteiger partial charge on any atom is 0.241 e. The number of halogens is 2. The molecule has 1 aromatic rings. The fraction of sp³-hybridized carbons (Fsp3) is 0.538. The van der Waals surface area contributed by atoms with Crippen molar-refractivity contribution in [2.45, 2.75) is 49.5 Å². The van der Waals surface area contributed by atoms with Gasteiger partial charge in [0.15, 0.2) is 5.75 Å². The fourth-order valence-corrected chi connectivity index (χ4v) is 4.16. The lowest BCUT2D eigenvalue weighted by Gasteiger charge is -2.20. The van der Waals surface area contributed by atoms with Gasteiger partial charge in [0.1, 0.15) is 4.90 Å². The van der Waals surface area contributed by atoms with Crippen LogP contribution < -0.4 is 9.88 Å². The average Bonchev–Trinajstić information content (AvgIpc) is 2.59. The van der Waals surface area contributed by atoms with E-state index in [4.69, 9.17) is 21.5 Å². The smallest absolute Gasteiger partial charge is 0.241 e. The highest BCUT2D eigenvalue weighted by molar-refractivity contribution is 9.10. The Balaban J connectivity index is 2.34. The molecule has 7 heteroatoms. The highest BCUT2D eigenvalue weighted by Gasteiger charge is 2.23. The molecule has 1 saturated carbocycles. The molecule has 0 saturated heterocycles. The van der Waals surface area contributed by atoms with Gasteiger partial charge in [0, 0.05) is 4.47 Å². The predicted octanol–water partition coefficient (Wildman–Crippen LogP) is 3.85. The average molecular weight is 383 g/mol. The number of sulfonamides is 1. The Morgan fingerprint density at radius 3 is 2.35 bits per heavy atom. The van der Waals surface area contributed by atoms with Crippen molar-refractivity contribution in [1.29, 1.82) is 0 Å². The van der Waals surface area contributed by atoms with E-state index in [2.05, 4.69) is 15.9 Å². The number of primary sulfonamides is 1. The molecule has 1 aromatic carbocycles. The van der Waals surface area contributed by atoms with Crippen LogP contribution in [0.1, 0.15) is 38.5 Å². The summed E-state index contributed by atoms with van der Waals surface area (Å²) in [6.45, 7) is 0. The molecule has 1 fully saturated rings. The Kier molecular flexibility index (Phi) is 5.34. The molecular formula is C13H17BrClNO3S. The van der Waals surface area contributed by atoms with Gasteiger partial charge in [0.25, 0.3) is 0 Å². The Bertz CT molecular complexity index is 584. The van der Waals surface area contributed by atoms with Crippen LogP contribution in [0.4, 0.5) is 0 Å². The molecule has 0 aliphatic heterocycles. The molecule has 0 amide bonds. The standard InChI is InChI=1S/C13H17BrClNO3S/c14-9-7-11(15)13(12(8-9)20(16,17)18)19-10-5-3-1-2-4-6-10/h7-8,10H,1-6H2,(H2,16,17,18). The summed E-state index contributed by atoms with van der Waals surface area (Å²) in [7, 11) is -3.88. The van der Waals surface area contributed by atoms with Crippen molar-refractivity contribution in [3.8, 4) is 5.75 Å². The van der Waals surface area contributed by atoms with Crippen molar-refractivity contribution in [1.82, 2.24) is 0 Å². The quantitative estimate of drug-likeness (QED) is 0.807. The van der Waals surface area contributed by atoms with E-state index in [-0.39, 0.29) is 21.8 Å². The highest BCUT2D eigenvalue weighted by Crippen LogP contribution is 2.37. The summed E-state index contributed by atoms with van der Waals surface area (Å²) in [6.07, 6.45) is 6.38. The summed E-state index contributed by atoms with van der Waals surface area (Å²) in [6, 6.07) is 3.04. The lowest BCUT2D eigenvalue weighted by atomic mass is 10.1. The van der Waals surface area contributed by atoms with Crippen molar-refractivity contribution in [3.63, 3.8) is 0 Å². The molecule has 2 N–H and O–H groups in total. The number of hydrogen-bond donors (Lipinski definition) is 1. The molecule has 4 nitrogen and oxygen atoms in total. The van der Waals surface area contributed by atoms with Gasteiger partial charge in [-0.2, -0.15) is 0 Å². The first-order chi connectivity index (χ1) is 9.38. The highest BCUT2D eigenvalue weighted by atomic mass is 79.9. The van der Waals surface area contributed by atoms with Crippen LogP contribution in [0.3, 0.4) is 0 Å². The Morgan fingerprint density at radius 2 is 1.80 bits per heavy atom. The molecule has 0 spiro atoms. The Hall–Kier alpha value is -0.300. The minimum absolute atomic E-state index is 0.00308. The van der Waals surface area contributed by atoms with Gasteiger partial charge in [0.2, 0.25) is 10.0 Å². The van der Waals surface area contributed by atoms with Gasteiger partial charge in [-0.1, -0.05) is 40.4 Å². The third-order valence-corrected chi connectivity index (χ3v) is 5.02.